The van der Waals surface area contributed by atoms with E-state index in [9.17, 15) is 9.59 Å². The molecule has 0 radical (unpaired) electrons. The van der Waals surface area contributed by atoms with Crippen LogP contribution in [0, 0.1) is 0 Å². The number of amides is 2. The van der Waals surface area contributed by atoms with Gasteiger partial charge < -0.3 is 15.5 Å². The number of nitrogens with zero attached hydrogens (tertiary/aromatic N) is 2. The van der Waals surface area contributed by atoms with Gasteiger partial charge >= 0.3 is 0 Å². The quantitative estimate of drug-likeness (QED) is 0.251. The summed E-state index contributed by atoms with van der Waals surface area (Å²) >= 11 is 6.61. The first-order valence-electron chi connectivity index (χ1n) is 12.5. The Morgan fingerprint density at radius 1 is 0.846 bits per heavy atom. The van der Waals surface area contributed by atoms with E-state index in [1.54, 1.807) is 35.4 Å². The van der Waals surface area contributed by atoms with Crippen molar-refractivity contribution in [2.75, 3.05) is 15.5 Å². The van der Waals surface area contributed by atoms with Crippen LogP contribution in [-0.4, -0.2) is 16.8 Å². The fourth-order valence-corrected chi connectivity index (χ4v) is 4.93. The number of anilines is 4. The molecule has 4 aromatic carbocycles. The fourth-order valence-electron chi connectivity index (χ4n) is 4.70. The van der Waals surface area contributed by atoms with E-state index in [0.29, 0.717) is 29.2 Å². The molecule has 1 aliphatic rings. The Morgan fingerprint density at radius 3 is 2.46 bits per heavy atom. The third-order valence-corrected chi connectivity index (χ3v) is 6.95. The third-order valence-electron chi connectivity index (χ3n) is 6.63. The van der Waals surface area contributed by atoms with Crippen LogP contribution < -0.4 is 15.5 Å². The average molecular weight is 531 g/mol. The number of carbonyl (C=O) groups is 2. The summed E-state index contributed by atoms with van der Waals surface area (Å²) in [6.07, 6.45) is 1.72. The zero-order chi connectivity index (χ0) is 26.8. The Balaban J connectivity index is 1.28. The summed E-state index contributed by atoms with van der Waals surface area (Å²) in [4.78, 5) is 33.2. The molecule has 0 atom stereocenters. The molecule has 7 heteroatoms. The van der Waals surface area contributed by atoms with Gasteiger partial charge in [-0.3, -0.25) is 9.59 Å². The van der Waals surface area contributed by atoms with Gasteiger partial charge in [0.05, 0.1) is 28.6 Å². The molecule has 190 valence electrons. The van der Waals surface area contributed by atoms with Crippen LogP contribution in [0.5, 0.6) is 0 Å². The van der Waals surface area contributed by atoms with E-state index in [1.165, 1.54) is 0 Å². The van der Waals surface area contributed by atoms with Crippen molar-refractivity contribution >= 4 is 46.3 Å². The lowest BCUT2D eigenvalue weighted by Crippen LogP contribution is -2.30. The zero-order valence-corrected chi connectivity index (χ0v) is 21.5. The minimum absolute atomic E-state index is 0.213. The number of pyridine rings is 1. The summed E-state index contributed by atoms with van der Waals surface area (Å²) < 4.78 is 0. The maximum atomic E-state index is 13.8. The Bertz CT molecular complexity index is 1700. The molecule has 0 fully saturated rings. The average Bonchev–Trinajstić information content (AvgIpc) is 3.15. The summed E-state index contributed by atoms with van der Waals surface area (Å²) in [5, 5.41) is 6.51. The Labute approximate surface area is 230 Å². The molecule has 2 amide bonds. The summed E-state index contributed by atoms with van der Waals surface area (Å²) in [6, 6.07) is 33.5. The molecule has 6 rings (SSSR count). The van der Waals surface area contributed by atoms with Crippen molar-refractivity contribution in [3.8, 4) is 11.1 Å². The Hall–Kier alpha value is -4.94. The van der Waals surface area contributed by atoms with Crippen LogP contribution in [0.15, 0.2) is 115 Å². The molecular weight excluding hydrogens is 508 g/mol. The monoisotopic (exact) mass is 530 g/mol. The molecule has 1 aliphatic heterocycles. The van der Waals surface area contributed by atoms with Crippen LogP contribution in [0.3, 0.4) is 0 Å². The highest BCUT2D eigenvalue weighted by molar-refractivity contribution is 6.34. The van der Waals surface area contributed by atoms with Gasteiger partial charge in [0.1, 0.15) is 5.82 Å². The van der Waals surface area contributed by atoms with Crippen molar-refractivity contribution in [3.05, 3.63) is 137 Å². The van der Waals surface area contributed by atoms with E-state index >= 15 is 0 Å². The molecular formula is C32H23ClN4O2. The molecule has 6 nitrogen and oxygen atoms in total. The highest BCUT2D eigenvalue weighted by atomic mass is 35.5. The number of benzene rings is 4. The molecule has 0 saturated carbocycles. The van der Waals surface area contributed by atoms with Crippen molar-refractivity contribution in [1.29, 1.82) is 0 Å². The number of carbonyl (C=O) groups excluding carboxylic acids is 2. The number of halogens is 1. The standard InChI is InChI=1S/C32H23ClN4O2/c33-26-19-22(32(39)37-20-23-11-8-18-34-30(23)35-28-14-6-7-15-29(28)37)16-17-27(26)36-31(38)25-13-5-4-12-24(25)21-9-2-1-3-10-21/h1-19H,20H2,(H,34,35)(H,36,38). The van der Waals surface area contributed by atoms with Gasteiger partial charge in [0.2, 0.25) is 0 Å². The van der Waals surface area contributed by atoms with Crippen LogP contribution in [0.4, 0.5) is 22.9 Å². The molecule has 39 heavy (non-hydrogen) atoms. The SMILES string of the molecule is O=C(Nc1ccc(C(=O)N2Cc3cccnc3Nc3ccccc32)cc1Cl)c1ccccc1-c1ccccc1. The van der Waals surface area contributed by atoms with Gasteiger partial charge in [-0.1, -0.05) is 78.3 Å². The largest absolute Gasteiger partial charge is 0.338 e. The van der Waals surface area contributed by atoms with E-state index < -0.39 is 0 Å². The predicted molar refractivity (Wildman–Crippen MR) is 156 cm³/mol. The van der Waals surface area contributed by atoms with Crippen LogP contribution in [0.25, 0.3) is 11.1 Å². The number of para-hydroxylation sites is 2. The second kappa shape index (κ2) is 10.4. The lowest BCUT2D eigenvalue weighted by atomic mass is 9.99. The minimum Gasteiger partial charge on any atom is -0.338 e. The lowest BCUT2D eigenvalue weighted by molar-refractivity contribution is 0.0984. The number of fused-ring (bicyclic) bond motifs is 2. The van der Waals surface area contributed by atoms with E-state index in [0.717, 1.165) is 28.1 Å². The first-order valence-corrected chi connectivity index (χ1v) is 12.8. The molecule has 0 bridgehead atoms. The molecule has 5 aromatic rings. The van der Waals surface area contributed by atoms with E-state index in [2.05, 4.69) is 15.6 Å². The van der Waals surface area contributed by atoms with Crippen LogP contribution >= 0.6 is 11.6 Å². The van der Waals surface area contributed by atoms with Crippen LogP contribution in [0.1, 0.15) is 26.3 Å². The van der Waals surface area contributed by atoms with Crippen molar-refractivity contribution in [2.24, 2.45) is 0 Å². The molecule has 0 unspecified atom stereocenters. The number of rotatable bonds is 4. The van der Waals surface area contributed by atoms with E-state index in [-0.39, 0.29) is 16.8 Å². The van der Waals surface area contributed by atoms with Crippen LogP contribution in [0.2, 0.25) is 5.02 Å². The highest BCUT2D eigenvalue weighted by Crippen LogP contribution is 2.36. The topological polar surface area (TPSA) is 74.3 Å². The molecule has 0 saturated heterocycles. The smallest absolute Gasteiger partial charge is 0.258 e. The van der Waals surface area contributed by atoms with E-state index in [1.807, 2.05) is 84.9 Å². The van der Waals surface area contributed by atoms with Gasteiger partial charge in [-0.05, 0) is 53.6 Å². The summed E-state index contributed by atoms with van der Waals surface area (Å²) in [6.45, 7) is 0.346. The lowest BCUT2D eigenvalue weighted by Gasteiger charge is -2.23. The van der Waals surface area contributed by atoms with Gasteiger partial charge in [-0.15, -0.1) is 0 Å². The number of aromatic nitrogens is 1. The first kappa shape index (κ1) is 24.4. The third kappa shape index (κ3) is 4.85. The van der Waals surface area contributed by atoms with Gasteiger partial charge in [0.25, 0.3) is 11.8 Å². The highest BCUT2D eigenvalue weighted by Gasteiger charge is 2.26. The van der Waals surface area contributed by atoms with Crippen LogP contribution in [-0.2, 0) is 6.54 Å². The molecule has 1 aromatic heterocycles. The molecule has 0 aliphatic carbocycles. The second-order valence-corrected chi connectivity index (χ2v) is 9.51. The van der Waals surface area contributed by atoms with Gasteiger partial charge in [0, 0.05) is 22.9 Å². The summed E-state index contributed by atoms with van der Waals surface area (Å²) in [7, 11) is 0. The van der Waals surface area contributed by atoms with Gasteiger partial charge in [-0.25, -0.2) is 4.98 Å². The van der Waals surface area contributed by atoms with Crippen molar-refractivity contribution < 1.29 is 9.59 Å². The minimum atomic E-state index is -0.285. The Morgan fingerprint density at radius 2 is 1.62 bits per heavy atom. The van der Waals surface area contributed by atoms with Gasteiger partial charge in [-0.2, -0.15) is 0 Å². The maximum Gasteiger partial charge on any atom is 0.258 e. The fraction of sp³-hybridized carbons (Fsp3) is 0.0312. The Kier molecular flexibility index (Phi) is 6.53. The summed E-state index contributed by atoms with van der Waals surface area (Å²) in [5.41, 5.74) is 5.55. The zero-order valence-electron chi connectivity index (χ0n) is 20.8. The maximum absolute atomic E-state index is 13.8. The summed E-state index contributed by atoms with van der Waals surface area (Å²) in [5.74, 6) is 0.217. The molecule has 0 spiro atoms. The van der Waals surface area contributed by atoms with Crippen molar-refractivity contribution in [2.45, 2.75) is 6.54 Å². The first-order chi connectivity index (χ1) is 19.1. The predicted octanol–water partition coefficient (Wildman–Crippen LogP) is 7.56. The number of hydrogen-bond donors (Lipinski definition) is 2. The number of hydrogen-bond acceptors (Lipinski definition) is 4. The normalized spacial score (nSPS) is 12.0. The van der Waals surface area contributed by atoms with Gasteiger partial charge in [0.15, 0.2) is 0 Å². The van der Waals surface area contributed by atoms with E-state index in [4.69, 9.17) is 11.6 Å². The molecule has 2 N–H and O–H groups in total. The second-order valence-electron chi connectivity index (χ2n) is 9.10. The van der Waals surface area contributed by atoms with Crippen molar-refractivity contribution in [1.82, 2.24) is 4.98 Å². The number of nitrogens with one attached hydrogen (secondary N) is 2. The van der Waals surface area contributed by atoms with Crippen molar-refractivity contribution in [3.63, 3.8) is 0 Å². The molecule has 2 heterocycles.